The number of aromatic amines is 1. The molecule has 0 bridgehead atoms. The van der Waals surface area contributed by atoms with Crippen LogP contribution in [0.25, 0.3) is 11.1 Å². The number of aromatic nitrogens is 1. The maximum atomic E-state index is 11.9. The molecule has 150 valence electrons. The van der Waals surface area contributed by atoms with E-state index >= 15 is 0 Å². The second kappa shape index (κ2) is 10.9. The fourth-order valence-electron chi connectivity index (χ4n) is 2.63. The number of carbonyl (C=O) groups excluding carboxylic acids is 1. The van der Waals surface area contributed by atoms with Gasteiger partial charge in [0.1, 0.15) is 29.0 Å². The lowest BCUT2D eigenvalue weighted by Crippen LogP contribution is -2.20. The molecule has 1 aromatic heterocycles. The molecule has 0 amide bonds. The number of nitrogens with zero attached hydrogens (tertiary/aromatic N) is 2. The molecular formula is C21H23N4O3S+. The fourth-order valence-corrected chi connectivity index (χ4v) is 3.45. The van der Waals surface area contributed by atoms with Crippen LogP contribution >= 0.6 is 11.8 Å². The smallest absolute Gasteiger partial charge is 0.316 e. The SMILES string of the molecule is CCCCOC(=O)CSc1[nH+]c(N)c(C#N)c(-c2ccc(OCC)cc2)c1C#N. The van der Waals surface area contributed by atoms with Crippen molar-refractivity contribution in [2.75, 3.05) is 24.7 Å². The molecule has 2 rings (SSSR count). The number of rotatable bonds is 9. The molecule has 29 heavy (non-hydrogen) atoms. The average molecular weight is 412 g/mol. The summed E-state index contributed by atoms with van der Waals surface area (Å²) in [6.45, 7) is 4.81. The fraction of sp³-hybridized carbons (Fsp3) is 0.333. The molecule has 0 atom stereocenters. The zero-order valence-electron chi connectivity index (χ0n) is 16.4. The Morgan fingerprint density at radius 3 is 2.45 bits per heavy atom. The molecule has 7 nitrogen and oxygen atoms in total. The van der Waals surface area contributed by atoms with Crippen molar-refractivity contribution in [3.05, 3.63) is 35.4 Å². The summed E-state index contributed by atoms with van der Waals surface area (Å²) in [6.07, 6.45) is 1.74. The van der Waals surface area contributed by atoms with Gasteiger partial charge in [-0.05, 0) is 31.0 Å². The number of nitrogen functional groups attached to an aromatic ring is 1. The Kier molecular flexibility index (Phi) is 8.32. The number of benzene rings is 1. The number of anilines is 1. The zero-order chi connectivity index (χ0) is 21.2. The lowest BCUT2D eigenvalue weighted by atomic mass is 9.97. The highest BCUT2D eigenvalue weighted by molar-refractivity contribution is 7.99. The standard InChI is InChI=1S/C21H22N4O3S/c1-3-5-10-28-18(26)13-29-21-17(12-23)19(16(11-22)20(24)25-21)14-6-8-15(9-7-14)27-4-2/h6-9H,3-5,10,13H2,1-2H3,(H2,24,25)/p+1. The maximum Gasteiger partial charge on any atom is 0.316 e. The largest absolute Gasteiger partial charge is 0.494 e. The number of nitrogens with one attached hydrogen (secondary N) is 1. The highest BCUT2D eigenvalue weighted by Crippen LogP contribution is 2.34. The van der Waals surface area contributed by atoms with Crippen molar-refractivity contribution in [2.45, 2.75) is 31.7 Å². The number of H-pyrrole nitrogens is 1. The molecule has 0 radical (unpaired) electrons. The topological polar surface area (TPSA) is 123 Å². The van der Waals surface area contributed by atoms with Gasteiger partial charge < -0.3 is 9.47 Å². The third kappa shape index (κ3) is 5.63. The highest BCUT2D eigenvalue weighted by atomic mass is 32.2. The Morgan fingerprint density at radius 2 is 1.86 bits per heavy atom. The number of ether oxygens (including phenoxy) is 2. The number of unbranched alkanes of at least 4 members (excludes halogenated alkanes) is 1. The summed E-state index contributed by atoms with van der Waals surface area (Å²) in [6, 6.07) is 11.3. The summed E-state index contributed by atoms with van der Waals surface area (Å²) in [5.74, 6) is 0.486. The van der Waals surface area contributed by atoms with E-state index in [9.17, 15) is 15.3 Å². The Balaban J connectivity index is 2.39. The number of nitriles is 2. The van der Waals surface area contributed by atoms with Gasteiger partial charge in [0.15, 0.2) is 5.03 Å². The quantitative estimate of drug-likeness (QED) is 0.381. The van der Waals surface area contributed by atoms with Gasteiger partial charge in [-0.2, -0.15) is 10.5 Å². The van der Waals surface area contributed by atoms with Crippen molar-refractivity contribution in [1.82, 2.24) is 0 Å². The van der Waals surface area contributed by atoms with Crippen LogP contribution in [0.3, 0.4) is 0 Å². The summed E-state index contributed by atoms with van der Waals surface area (Å²) in [4.78, 5) is 14.8. The van der Waals surface area contributed by atoms with Gasteiger partial charge in [-0.3, -0.25) is 10.5 Å². The normalized spacial score (nSPS) is 10.1. The highest BCUT2D eigenvalue weighted by Gasteiger charge is 2.24. The minimum atomic E-state index is -0.369. The third-order valence-electron chi connectivity index (χ3n) is 4.02. The van der Waals surface area contributed by atoms with Crippen LogP contribution in [0.1, 0.15) is 37.8 Å². The van der Waals surface area contributed by atoms with Crippen LogP contribution < -0.4 is 15.5 Å². The minimum absolute atomic E-state index is 0.0307. The van der Waals surface area contributed by atoms with Gasteiger partial charge >= 0.3 is 5.97 Å². The summed E-state index contributed by atoms with van der Waals surface area (Å²) < 4.78 is 10.6. The predicted octanol–water partition coefficient (Wildman–Crippen LogP) is 3.33. The first-order valence-electron chi connectivity index (χ1n) is 9.26. The van der Waals surface area contributed by atoms with Crippen LogP contribution in [0.5, 0.6) is 5.75 Å². The lowest BCUT2D eigenvalue weighted by Gasteiger charge is -2.11. The monoisotopic (exact) mass is 411 g/mol. The van der Waals surface area contributed by atoms with Crippen molar-refractivity contribution >= 4 is 23.5 Å². The number of nitrogens with two attached hydrogens (primary N) is 1. The van der Waals surface area contributed by atoms with Crippen molar-refractivity contribution in [1.29, 1.82) is 10.5 Å². The number of esters is 1. The van der Waals surface area contributed by atoms with Crippen molar-refractivity contribution in [2.24, 2.45) is 0 Å². The average Bonchev–Trinajstić information content (AvgIpc) is 2.72. The van der Waals surface area contributed by atoms with Crippen LogP contribution in [-0.2, 0) is 9.53 Å². The van der Waals surface area contributed by atoms with Gasteiger partial charge in [-0.25, -0.2) is 4.98 Å². The number of hydrogen-bond acceptors (Lipinski definition) is 7. The van der Waals surface area contributed by atoms with E-state index in [4.69, 9.17) is 15.2 Å². The summed E-state index contributed by atoms with van der Waals surface area (Å²) >= 11 is 1.12. The van der Waals surface area contributed by atoms with E-state index in [1.54, 1.807) is 24.3 Å². The number of carbonyl (C=O) groups is 1. The maximum absolute atomic E-state index is 11.9. The summed E-state index contributed by atoms with van der Waals surface area (Å²) in [7, 11) is 0. The Morgan fingerprint density at radius 1 is 1.17 bits per heavy atom. The van der Waals surface area contributed by atoms with E-state index in [-0.39, 0.29) is 28.7 Å². The second-order valence-electron chi connectivity index (χ2n) is 6.04. The molecule has 0 aliphatic rings. The molecule has 0 saturated carbocycles. The molecule has 0 aliphatic heterocycles. The second-order valence-corrected chi connectivity index (χ2v) is 7.02. The van der Waals surface area contributed by atoms with E-state index < -0.39 is 0 Å². The molecule has 1 heterocycles. The van der Waals surface area contributed by atoms with Gasteiger partial charge in [0.25, 0.3) is 5.82 Å². The minimum Gasteiger partial charge on any atom is -0.494 e. The van der Waals surface area contributed by atoms with E-state index in [1.807, 2.05) is 13.8 Å². The van der Waals surface area contributed by atoms with E-state index in [2.05, 4.69) is 17.1 Å². The van der Waals surface area contributed by atoms with Crippen LogP contribution in [0, 0.1) is 22.7 Å². The number of thioether (sulfide) groups is 1. The van der Waals surface area contributed by atoms with Crippen molar-refractivity contribution < 1.29 is 19.3 Å². The van der Waals surface area contributed by atoms with E-state index in [1.165, 1.54) is 0 Å². The van der Waals surface area contributed by atoms with E-state index in [0.717, 1.165) is 24.6 Å². The molecule has 0 unspecified atom stereocenters. The molecule has 0 saturated heterocycles. The zero-order valence-corrected chi connectivity index (χ0v) is 17.3. The van der Waals surface area contributed by atoms with Crippen molar-refractivity contribution in [3.8, 4) is 29.0 Å². The molecule has 2 aromatic rings. The molecule has 0 aliphatic carbocycles. The third-order valence-corrected chi connectivity index (χ3v) is 4.99. The summed E-state index contributed by atoms with van der Waals surface area (Å²) in [5, 5.41) is 19.8. The van der Waals surface area contributed by atoms with Gasteiger partial charge in [-0.1, -0.05) is 37.2 Å². The van der Waals surface area contributed by atoms with Gasteiger partial charge in [0.2, 0.25) is 0 Å². The van der Waals surface area contributed by atoms with E-state index in [0.29, 0.717) is 35.1 Å². The van der Waals surface area contributed by atoms with Crippen LogP contribution in [-0.4, -0.2) is 24.9 Å². The van der Waals surface area contributed by atoms with Gasteiger partial charge in [0, 0.05) is 5.56 Å². The van der Waals surface area contributed by atoms with Crippen LogP contribution in [0.15, 0.2) is 29.3 Å². The molecular weight excluding hydrogens is 388 g/mol. The molecule has 0 spiro atoms. The Bertz CT molecular complexity index is 946. The summed E-state index contributed by atoms with van der Waals surface area (Å²) in [5.41, 5.74) is 7.56. The first-order valence-corrected chi connectivity index (χ1v) is 10.2. The van der Waals surface area contributed by atoms with Gasteiger partial charge in [0.05, 0.1) is 19.0 Å². The molecule has 8 heteroatoms. The van der Waals surface area contributed by atoms with Crippen molar-refractivity contribution in [3.63, 3.8) is 0 Å². The Hall–Kier alpha value is -3.23. The molecule has 3 N–H and O–H groups in total. The Labute approximate surface area is 174 Å². The number of hydrogen-bond donors (Lipinski definition) is 1. The number of pyridine rings is 1. The molecule has 1 aromatic carbocycles. The lowest BCUT2D eigenvalue weighted by molar-refractivity contribution is -0.410. The van der Waals surface area contributed by atoms with Gasteiger partial charge in [-0.15, -0.1) is 0 Å². The van der Waals surface area contributed by atoms with Crippen LogP contribution in [0.4, 0.5) is 5.82 Å². The first-order chi connectivity index (χ1) is 14.0. The molecule has 0 fully saturated rings. The first kappa shape index (κ1) is 22.1. The van der Waals surface area contributed by atoms with Crippen LogP contribution in [0.2, 0.25) is 0 Å². The predicted molar refractivity (Wildman–Crippen MR) is 110 cm³/mol.